The average molecular weight is 255 g/mol. The van der Waals surface area contributed by atoms with Crippen LogP contribution in [0.4, 0.5) is 5.69 Å². The summed E-state index contributed by atoms with van der Waals surface area (Å²) in [6.45, 7) is 0. The van der Waals surface area contributed by atoms with Crippen LogP contribution < -0.4 is 5.32 Å². The fraction of sp³-hybridized carbons (Fsp3) is 0.286. The van der Waals surface area contributed by atoms with Crippen molar-refractivity contribution in [2.24, 2.45) is 0 Å². The molecule has 0 radical (unpaired) electrons. The second kappa shape index (κ2) is 4.79. The number of thiophene rings is 1. The third kappa shape index (κ3) is 2.09. The smallest absolute Gasteiger partial charge is 0.142 e. The van der Waals surface area contributed by atoms with Gasteiger partial charge in [0.15, 0.2) is 0 Å². The number of pyridine rings is 1. The van der Waals surface area contributed by atoms with Gasteiger partial charge in [0.25, 0.3) is 0 Å². The molecule has 3 nitrogen and oxygen atoms in total. The average Bonchev–Trinajstić information content (AvgIpc) is 2.88. The molecule has 4 heteroatoms. The van der Waals surface area contributed by atoms with Gasteiger partial charge in [0.1, 0.15) is 11.8 Å². The molecule has 0 bridgehead atoms. The molecule has 0 saturated carbocycles. The van der Waals surface area contributed by atoms with Crippen LogP contribution in [0.5, 0.6) is 0 Å². The van der Waals surface area contributed by atoms with Crippen molar-refractivity contribution in [3.05, 3.63) is 45.9 Å². The molecular formula is C14H13N3S. The second-order valence-corrected chi connectivity index (χ2v) is 5.43. The van der Waals surface area contributed by atoms with Crippen LogP contribution in [0.2, 0.25) is 0 Å². The van der Waals surface area contributed by atoms with E-state index in [4.69, 9.17) is 5.26 Å². The van der Waals surface area contributed by atoms with Crippen molar-refractivity contribution >= 4 is 17.0 Å². The zero-order chi connectivity index (χ0) is 12.4. The number of aromatic nitrogens is 1. The van der Waals surface area contributed by atoms with E-state index < -0.39 is 0 Å². The number of hydrogen-bond acceptors (Lipinski definition) is 4. The molecule has 0 aliphatic heterocycles. The van der Waals surface area contributed by atoms with Crippen molar-refractivity contribution in [3.63, 3.8) is 0 Å². The molecule has 2 heterocycles. The third-order valence-corrected chi connectivity index (χ3v) is 4.26. The maximum Gasteiger partial charge on any atom is 0.142 e. The quantitative estimate of drug-likeness (QED) is 0.893. The molecule has 1 N–H and O–H groups in total. The predicted octanol–water partition coefficient (Wildman–Crippen LogP) is 3.50. The molecule has 1 unspecified atom stereocenters. The topological polar surface area (TPSA) is 48.7 Å². The summed E-state index contributed by atoms with van der Waals surface area (Å²) in [6.07, 6.45) is 5.25. The minimum absolute atomic E-state index is 0.369. The number of nitrogens with zero attached hydrogens (tertiary/aromatic N) is 2. The molecule has 0 aromatic carbocycles. The molecule has 2 aromatic rings. The molecule has 1 atom stereocenters. The summed E-state index contributed by atoms with van der Waals surface area (Å²) in [5, 5.41) is 14.5. The normalized spacial score (nSPS) is 17.8. The van der Waals surface area contributed by atoms with E-state index in [1.165, 1.54) is 23.3 Å². The Bertz CT molecular complexity index is 597. The summed E-state index contributed by atoms with van der Waals surface area (Å²) in [6, 6.07) is 8.37. The molecule has 0 spiro atoms. The van der Waals surface area contributed by atoms with E-state index in [9.17, 15) is 0 Å². The highest BCUT2D eigenvalue weighted by molar-refractivity contribution is 7.10. The van der Waals surface area contributed by atoms with Gasteiger partial charge in [-0.3, -0.25) is 0 Å². The van der Waals surface area contributed by atoms with Gasteiger partial charge >= 0.3 is 0 Å². The lowest BCUT2D eigenvalue weighted by Gasteiger charge is -2.24. The van der Waals surface area contributed by atoms with Crippen molar-refractivity contribution in [2.45, 2.75) is 25.3 Å². The summed E-state index contributed by atoms with van der Waals surface area (Å²) in [5.41, 5.74) is 2.86. The number of nitrogens with one attached hydrogen (secondary N) is 1. The Morgan fingerprint density at radius 1 is 1.44 bits per heavy atom. The SMILES string of the molecule is N#Cc1cc(NC2CCCc3sccc32)ccn1. The maximum atomic E-state index is 8.85. The summed E-state index contributed by atoms with van der Waals surface area (Å²) in [5.74, 6) is 0. The number of hydrogen-bond donors (Lipinski definition) is 1. The second-order valence-electron chi connectivity index (χ2n) is 4.43. The summed E-state index contributed by atoms with van der Waals surface area (Å²) in [7, 11) is 0. The van der Waals surface area contributed by atoms with Crippen LogP contribution in [-0.2, 0) is 6.42 Å². The lowest BCUT2D eigenvalue weighted by molar-refractivity contribution is 0.609. The van der Waals surface area contributed by atoms with Crippen LogP contribution in [0.3, 0.4) is 0 Å². The molecule has 2 aromatic heterocycles. The van der Waals surface area contributed by atoms with Crippen LogP contribution in [0, 0.1) is 11.3 Å². The third-order valence-electron chi connectivity index (χ3n) is 3.27. The number of fused-ring (bicyclic) bond motifs is 1. The first-order chi connectivity index (χ1) is 8.86. The first-order valence-corrected chi connectivity index (χ1v) is 6.94. The molecule has 0 saturated heterocycles. The highest BCUT2D eigenvalue weighted by atomic mass is 32.1. The highest BCUT2D eigenvalue weighted by Crippen LogP contribution is 2.35. The van der Waals surface area contributed by atoms with Gasteiger partial charge in [0.2, 0.25) is 0 Å². The largest absolute Gasteiger partial charge is 0.378 e. The Labute approximate surface area is 110 Å². The zero-order valence-electron chi connectivity index (χ0n) is 9.89. The molecule has 0 amide bonds. The maximum absolute atomic E-state index is 8.85. The summed E-state index contributed by atoms with van der Waals surface area (Å²) >= 11 is 1.84. The predicted molar refractivity (Wildman–Crippen MR) is 72.6 cm³/mol. The monoisotopic (exact) mass is 255 g/mol. The van der Waals surface area contributed by atoms with E-state index in [0.29, 0.717) is 11.7 Å². The van der Waals surface area contributed by atoms with Gasteiger partial charge in [0, 0.05) is 16.8 Å². The fourth-order valence-corrected chi connectivity index (χ4v) is 3.41. The van der Waals surface area contributed by atoms with Gasteiger partial charge in [-0.1, -0.05) is 0 Å². The molecule has 1 aliphatic carbocycles. The van der Waals surface area contributed by atoms with E-state index in [1.54, 1.807) is 12.3 Å². The molecular weight excluding hydrogens is 242 g/mol. The standard InChI is InChI=1S/C14H13N3S/c15-9-11-8-10(4-6-16-11)17-13-2-1-3-14-12(13)5-7-18-14/h4-8,13H,1-3H2,(H,16,17). The van der Waals surface area contributed by atoms with Crippen LogP contribution in [0.15, 0.2) is 29.8 Å². The van der Waals surface area contributed by atoms with E-state index in [-0.39, 0.29) is 0 Å². The van der Waals surface area contributed by atoms with Gasteiger partial charge in [-0.2, -0.15) is 5.26 Å². The first kappa shape index (κ1) is 11.2. The van der Waals surface area contributed by atoms with Crippen LogP contribution in [0.25, 0.3) is 0 Å². The highest BCUT2D eigenvalue weighted by Gasteiger charge is 2.20. The molecule has 90 valence electrons. The van der Waals surface area contributed by atoms with Crippen molar-refractivity contribution in [1.29, 1.82) is 5.26 Å². The Morgan fingerprint density at radius 3 is 3.28 bits per heavy atom. The van der Waals surface area contributed by atoms with Crippen molar-refractivity contribution in [2.75, 3.05) is 5.32 Å². The van der Waals surface area contributed by atoms with Gasteiger partial charge in [-0.05, 0) is 48.4 Å². The number of nitriles is 1. The lowest BCUT2D eigenvalue weighted by atomic mass is 9.94. The number of aryl methyl sites for hydroxylation is 1. The Hall–Kier alpha value is -1.86. The van der Waals surface area contributed by atoms with Crippen LogP contribution >= 0.6 is 11.3 Å². The Morgan fingerprint density at radius 2 is 2.39 bits per heavy atom. The van der Waals surface area contributed by atoms with Gasteiger partial charge in [-0.15, -0.1) is 11.3 Å². The molecule has 1 aliphatic rings. The zero-order valence-corrected chi connectivity index (χ0v) is 10.7. The van der Waals surface area contributed by atoms with E-state index in [2.05, 4.69) is 27.8 Å². The number of anilines is 1. The summed E-state index contributed by atoms with van der Waals surface area (Å²) < 4.78 is 0. The van der Waals surface area contributed by atoms with Gasteiger partial charge in [0.05, 0.1) is 6.04 Å². The summed E-state index contributed by atoms with van der Waals surface area (Å²) in [4.78, 5) is 5.48. The minimum atomic E-state index is 0.369. The number of rotatable bonds is 2. The first-order valence-electron chi connectivity index (χ1n) is 6.06. The van der Waals surface area contributed by atoms with Gasteiger partial charge < -0.3 is 5.32 Å². The van der Waals surface area contributed by atoms with Crippen LogP contribution in [0.1, 0.15) is 35.0 Å². The Kier molecular flexibility index (Phi) is 2.99. The van der Waals surface area contributed by atoms with E-state index in [1.807, 2.05) is 17.4 Å². The van der Waals surface area contributed by atoms with E-state index in [0.717, 1.165) is 12.1 Å². The minimum Gasteiger partial charge on any atom is -0.378 e. The molecule has 3 rings (SSSR count). The fourth-order valence-electron chi connectivity index (χ4n) is 2.42. The Balaban J connectivity index is 1.84. The van der Waals surface area contributed by atoms with Gasteiger partial charge in [-0.25, -0.2) is 4.98 Å². The van der Waals surface area contributed by atoms with Crippen molar-refractivity contribution in [3.8, 4) is 6.07 Å². The van der Waals surface area contributed by atoms with Crippen molar-refractivity contribution < 1.29 is 0 Å². The van der Waals surface area contributed by atoms with Crippen LogP contribution in [-0.4, -0.2) is 4.98 Å². The lowest BCUT2D eigenvalue weighted by Crippen LogP contribution is -2.15. The van der Waals surface area contributed by atoms with Crippen molar-refractivity contribution in [1.82, 2.24) is 4.98 Å². The molecule has 18 heavy (non-hydrogen) atoms. The molecule has 0 fully saturated rings. The van der Waals surface area contributed by atoms with E-state index >= 15 is 0 Å².